The molecule has 0 bridgehead atoms. The molecule has 0 amide bonds. The Balaban J connectivity index is 1.66. The van der Waals surface area contributed by atoms with Gasteiger partial charge in [0.1, 0.15) is 18.0 Å². The molecule has 2 aromatic heterocycles. The van der Waals surface area contributed by atoms with Crippen LogP contribution in [0.1, 0.15) is 6.92 Å². The molecule has 0 aliphatic rings. The maximum atomic E-state index is 14.6. The van der Waals surface area contributed by atoms with E-state index < -0.39 is 21.7 Å². The number of hydrogen-bond donors (Lipinski definition) is 2. The van der Waals surface area contributed by atoms with Crippen molar-refractivity contribution >= 4 is 26.7 Å². The Labute approximate surface area is 194 Å². The maximum Gasteiger partial charge on any atom is 0.232 e. The Kier molecular flexibility index (Phi) is 5.37. The number of nitrogens with one attached hydrogen (secondary N) is 2. The normalized spacial score (nSPS) is 11.7. The molecule has 0 atom stereocenters. The van der Waals surface area contributed by atoms with Crippen LogP contribution in [-0.4, -0.2) is 33.9 Å². The Hall–Kier alpha value is -4.05. The first-order valence-electron chi connectivity index (χ1n) is 10.4. The molecule has 0 radical (unpaired) electrons. The summed E-state index contributed by atoms with van der Waals surface area (Å²) in [6.45, 7) is 1.52. The van der Waals surface area contributed by atoms with E-state index in [1.165, 1.54) is 19.1 Å². The van der Waals surface area contributed by atoms with Crippen molar-refractivity contribution in [2.75, 3.05) is 10.5 Å². The summed E-state index contributed by atoms with van der Waals surface area (Å²) in [6, 6.07) is 13.9. The third-order valence-corrected chi connectivity index (χ3v) is 6.78. The molecule has 2 heterocycles. The van der Waals surface area contributed by atoms with Gasteiger partial charge >= 0.3 is 0 Å². The molecule has 3 aromatic carbocycles. The fourth-order valence-corrected chi connectivity index (χ4v) is 4.37. The number of hydrogen-bond acceptors (Lipinski definition) is 4. The molecule has 0 unspecified atom stereocenters. The molecule has 0 aliphatic carbocycles. The van der Waals surface area contributed by atoms with Crippen molar-refractivity contribution in [3.63, 3.8) is 0 Å². The van der Waals surface area contributed by atoms with E-state index in [-0.39, 0.29) is 17.0 Å². The molecule has 5 rings (SSSR count). The number of halogens is 2. The van der Waals surface area contributed by atoms with Gasteiger partial charge in [-0.15, -0.1) is 0 Å². The van der Waals surface area contributed by atoms with E-state index in [1.807, 2.05) is 18.2 Å². The highest BCUT2D eigenvalue weighted by molar-refractivity contribution is 7.92. The van der Waals surface area contributed by atoms with Crippen molar-refractivity contribution in [1.29, 1.82) is 0 Å². The number of aromatic amines is 1. The third-order valence-electron chi connectivity index (χ3n) is 5.47. The van der Waals surface area contributed by atoms with E-state index in [0.29, 0.717) is 16.8 Å². The van der Waals surface area contributed by atoms with Crippen molar-refractivity contribution in [2.45, 2.75) is 6.92 Å². The van der Waals surface area contributed by atoms with Gasteiger partial charge in [-0.25, -0.2) is 22.2 Å². The van der Waals surface area contributed by atoms with Crippen LogP contribution in [0.3, 0.4) is 0 Å². The molecular formula is C24H19F2N5O2S. The maximum absolute atomic E-state index is 14.6. The topological polar surface area (TPSA) is 92.7 Å². The highest BCUT2D eigenvalue weighted by atomic mass is 32.2. The molecule has 0 spiro atoms. The lowest BCUT2D eigenvalue weighted by Crippen LogP contribution is -2.15. The Morgan fingerprint density at radius 3 is 2.59 bits per heavy atom. The van der Waals surface area contributed by atoms with E-state index in [4.69, 9.17) is 0 Å². The summed E-state index contributed by atoms with van der Waals surface area (Å²) < 4.78 is 56.8. The van der Waals surface area contributed by atoms with Crippen LogP contribution >= 0.6 is 0 Å². The van der Waals surface area contributed by atoms with Crippen molar-refractivity contribution in [3.05, 3.63) is 85.0 Å². The van der Waals surface area contributed by atoms with Crippen molar-refractivity contribution < 1.29 is 17.2 Å². The van der Waals surface area contributed by atoms with E-state index in [1.54, 1.807) is 35.4 Å². The molecule has 5 aromatic rings. The van der Waals surface area contributed by atoms with Gasteiger partial charge in [0.25, 0.3) is 0 Å². The number of benzene rings is 3. The minimum atomic E-state index is -3.58. The molecule has 7 nitrogen and oxygen atoms in total. The fourth-order valence-electron chi connectivity index (χ4n) is 3.75. The zero-order valence-electron chi connectivity index (χ0n) is 18.0. The van der Waals surface area contributed by atoms with Crippen molar-refractivity contribution in [3.8, 4) is 27.9 Å². The van der Waals surface area contributed by atoms with Crippen LogP contribution in [0, 0.1) is 11.6 Å². The van der Waals surface area contributed by atoms with Crippen molar-refractivity contribution in [1.82, 2.24) is 19.7 Å². The summed E-state index contributed by atoms with van der Waals surface area (Å²) in [7, 11) is -3.58. The molecule has 0 saturated heterocycles. The van der Waals surface area contributed by atoms with Crippen LogP contribution in [0.5, 0.6) is 0 Å². The minimum Gasteiger partial charge on any atom is -0.299 e. The predicted octanol–water partition coefficient (Wildman–Crippen LogP) is 5.12. The van der Waals surface area contributed by atoms with Gasteiger partial charge in [-0.1, -0.05) is 6.07 Å². The number of H-pyrrole nitrogens is 1. The van der Waals surface area contributed by atoms with Gasteiger partial charge in [0.2, 0.25) is 10.0 Å². The molecule has 10 heteroatoms. The standard InChI is InChI=1S/C24H19F2N5O2S/c1-2-34(32,33)30-19-7-16(21-5-4-18(25)10-22(21)26)8-20(11-19)31-14-27-23-9-15(3-6-24(23)31)17-12-28-29-13-17/h3-14,30H,2H2,1H3,(H,28,29). The first-order chi connectivity index (χ1) is 16.3. The van der Waals surface area contributed by atoms with Crippen LogP contribution in [0.25, 0.3) is 39.0 Å². The summed E-state index contributed by atoms with van der Waals surface area (Å²) in [4.78, 5) is 4.49. The first kappa shape index (κ1) is 21.8. The lowest BCUT2D eigenvalue weighted by atomic mass is 10.0. The average molecular weight is 480 g/mol. The van der Waals surface area contributed by atoms with Crippen LogP contribution in [0.15, 0.2) is 73.3 Å². The average Bonchev–Trinajstić information content (AvgIpc) is 3.48. The molecule has 0 saturated carbocycles. The quantitative estimate of drug-likeness (QED) is 0.353. The minimum absolute atomic E-state index is 0.123. The number of rotatable bonds is 6. The molecule has 2 N–H and O–H groups in total. The molecule has 0 aliphatic heterocycles. The zero-order chi connectivity index (χ0) is 23.9. The smallest absolute Gasteiger partial charge is 0.232 e. The zero-order valence-corrected chi connectivity index (χ0v) is 18.8. The summed E-state index contributed by atoms with van der Waals surface area (Å²) in [5.74, 6) is -1.57. The van der Waals surface area contributed by atoms with E-state index >= 15 is 0 Å². The molecular weight excluding hydrogens is 460 g/mol. The van der Waals surface area contributed by atoms with E-state index in [2.05, 4.69) is 19.9 Å². The van der Waals surface area contributed by atoms with Gasteiger partial charge in [-0.2, -0.15) is 5.10 Å². The fraction of sp³-hybridized carbons (Fsp3) is 0.0833. The highest BCUT2D eigenvalue weighted by Crippen LogP contribution is 2.32. The van der Waals surface area contributed by atoms with Gasteiger partial charge in [0.05, 0.1) is 28.7 Å². The predicted molar refractivity (Wildman–Crippen MR) is 127 cm³/mol. The summed E-state index contributed by atoms with van der Waals surface area (Å²) >= 11 is 0. The summed E-state index contributed by atoms with van der Waals surface area (Å²) in [5, 5.41) is 6.75. The number of fused-ring (bicyclic) bond motifs is 1. The SMILES string of the molecule is CCS(=O)(=O)Nc1cc(-c2ccc(F)cc2F)cc(-n2cnc3cc(-c4cn[nH]c4)ccc32)c1. The lowest BCUT2D eigenvalue weighted by Gasteiger charge is -2.14. The molecule has 172 valence electrons. The summed E-state index contributed by atoms with van der Waals surface area (Å²) in [6.07, 6.45) is 5.11. The van der Waals surface area contributed by atoms with E-state index in [9.17, 15) is 17.2 Å². The van der Waals surface area contributed by atoms with Crippen molar-refractivity contribution in [2.24, 2.45) is 0 Å². The highest BCUT2D eigenvalue weighted by Gasteiger charge is 2.15. The van der Waals surface area contributed by atoms with Crippen LogP contribution in [0.4, 0.5) is 14.5 Å². The Morgan fingerprint density at radius 1 is 1.00 bits per heavy atom. The van der Waals surface area contributed by atoms with Gasteiger partial charge < -0.3 is 0 Å². The van der Waals surface area contributed by atoms with Gasteiger partial charge in [0, 0.05) is 29.1 Å². The molecule has 34 heavy (non-hydrogen) atoms. The number of anilines is 1. The van der Waals surface area contributed by atoms with Gasteiger partial charge in [-0.3, -0.25) is 14.4 Å². The number of aromatic nitrogens is 4. The van der Waals surface area contributed by atoms with Gasteiger partial charge in [0.15, 0.2) is 0 Å². The van der Waals surface area contributed by atoms with E-state index in [0.717, 1.165) is 28.8 Å². The van der Waals surface area contributed by atoms with Gasteiger partial charge in [-0.05, 0) is 60.5 Å². The molecule has 0 fully saturated rings. The second-order valence-electron chi connectivity index (χ2n) is 7.70. The van der Waals surface area contributed by atoms with Crippen LogP contribution in [-0.2, 0) is 10.0 Å². The van der Waals surface area contributed by atoms with Crippen LogP contribution in [0.2, 0.25) is 0 Å². The number of imidazole rings is 1. The second-order valence-corrected chi connectivity index (χ2v) is 9.71. The number of nitrogens with zero attached hydrogens (tertiary/aromatic N) is 3. The largest absolute Gasteiger partial charge is 0.299 e. The first-order valence-corrected chi connectivity index (χ1v) is 12.1. The number of sulfonamides is 1. The second kappa shape index (κ2) is 8.38. The monoisotopic (exact) mass is 479 g/mol. The third kappa shape index (κ3) is 4.15. The Morgan fingerprint density at radius 2 is 1.85 bits per heavy atom. The summed E-state index contributed by atoms with van der Waals surface area (Å²) in [5.41, 5.74) is 4.70. The van der Waals surface area contributed by atoms with Crippen LogP contribution < -0.4 is 4.72 Å². The Bertz CT molecular complexity index is 1610. The lowest BCUT2D eigenvalue weighted by molar-refractivity contribution is 0.585.